The lowest BCUT2D eigenvalue weighted by molar-refractivity contribution is 0.154. The van der Waals surface area contributed by atoms with Crippen molar-refractivity contribution in [1.82, 2.24) is 0 Å². The Kier molecular flexibility index (Phi) is 7.00. The number of rotatable bonds is 11. The maximum atomic E-state index is 2.66. The second kappa shape index (κ2) is 8.16. The van der Waals surface area contributed by atoms with E-state index in [-0.39, 0.29) is 0 Å². The zero-order chi connectivity index (χ0) is 19.9. The van der Waals surface area contributed by atoms with Crippen LogP contribution in [-0.2, 0) is 0 Å². The molecule has 0 radical (unpaired) electrons. The summed E-state index contributed by atoms with van der Waals surface area (Å²) < 4.78 is 0. The lowest BCUT2D eigenvalue weighted by Crippen LogP contribution is -2.25. The van der Waals surface area contributed by atoms with Gasteiger partial charge in [0.1, 0.15) is 0 Å². The van der Waals surface area contributed by atoms with E-state index < -0.39 is 0 Å². The molecule has 0 heterocycles. The monoisotopic (exact) mass is 362 g/mol. The first kappa shape index (κ1) is 22.3. The van der Waals surface area contributed by atoms with E-state index >= 15 is 0 Å². The molecule has 0 N–H and O–H groups in total. The van der Waals surface area contributed by atoms with Gasteiger partial charge in [-0.15, -0.1) is 0 Å². The van der Waals surface area contributed by atoms with Crippen molar-refractivity contribution < 1.29 is 0 Å². The zero-order valence-electron chi connectivity index (χ0n) is 19.9. The molecule has 1 spiro atoms. The molecule has 0 saturated heterocycles. The highest BCUT2D eigenvalue weighted by Crippen LogP contribution is 2.85. The fourth-order valence-corrected chi connectivity index (χ4v) is 7.25. The van der Waals surface area contributed by atoms with Crippen LogP contribution >= 0.6 is 0 Å². The van der Waals surface area contributed by atoms with E-state index in [9.17, 15) is 0 Å². The SMILES string of the molecule is CCC(CC(C)C)CC(C)(CC)C1C(C)C12CC2C(C)C(C)C(C)CC. The molecule has 9 atom stereocenters. The first-order valence-corrected chi connectivity index (χ1v) is 12.1. The normalized spacial score (nSPS) is 37.3. The standard InChI is InChI=1S/C26H50/c1-11-18(6)19(7)20(8)23-16-26(23)21(9)24(26)25(10,13-3)15-22(12-2)14-17(4)5/h17-24H,11-16H2,1-10H3. The van der Waals surface area contributed by atoms with Gasteiger partial charge < -0.3 is 0 Å². The molecule has 0 bridgehead atoms. The summed E-state index contributed by atoms with van der Waals surface area (Å²) >= 11 is 0. The first-order chi connectivity index (χ1) is 12.1. The fourth-order valence-electron chi connectivity index (χ4n) is 7.25. The Bertz CT molecular complexity index is 451. The Morgan fingerprint density at radius 1 is 1.00 bits per heavy atom. The molecule has 2 aliphatic rings. The molecule has 9 unspecified atom stereocenters. The molecule has 2 aliphatic carbocycles. The van der Waals surface area contributed by atoms with Gasteiger partial charge in [-0.05, 0) is 77.4 Å². The minimum Gasteiger partial charge on any atom is -0.0651 e. The van der Waals surface area contributed by atoms with Crippen LogP contribution in [0.1, 0.15) is 108 Å². The van der Waals surface area contributed by atoms with Gasteiger partial charge in [-0.2, -0.15) is 0 Å². The van der Waals surface area contributed by atoms with Gasteiger partial charge in [0.2, 0.25) is 0 Å². The third kappa shape index (κ3) is 3.91. The molecule has 2 rings (SSSR count). The van der Waals surface area contributed by atoms with E-state index in [0.717, 1.165) is 52.8 Å². The van der Waals surface area contributed by atoms with Gasteiger partial charge >= 0.3 is 0 Å². The Morgan fingerprint density at radius 3 is 2.08 bits per heavy atom. The molecule has 0 aromatic rings. The summed E-state index contributed by atoms with van der Waals surface area (Å²) in [6.07, 6.45) is 8.51. The molecule has 154 valence electrons. The Morgan fingerprint density at radius 2 is 1.62 bits per heavy atom. The number of hydrogen-bond donors (Lipinski definition) is 0. The van der Waals surface area contributed by atoms with Crippen molar-refractivity contribution in [3.8, 4) is 0 Å². The van der Waals surface area contributed by atoms with E-state index in [1.165, 1.54) is 38.5 Å². The van der Waals surface area contributed by atoms with Crippen LogP contribution in [0.15, 0.2) is 0 Å². The Balaban J connectivity index is 2.07. The quantitative estimate of drug-likeness (QED) is 0.346. The van der Waals surface area contributed by atoms with Crippen molar-refractivity contribution in [3.63, 3.8) is 0 Å². The van der Waals surface area contributed by atoms with E-state index in [4.69, 9.17) is 0 Å². The van der Waals surface area contributed by atoms with E-state index in [1.54, 1.807) is 0 Å². The van der Waals surface area contributed by atoms with Crippen LogP contribution in [0.2, 0.25) is 0 Å². The van der Waals surface area contributed by atoms with Crippen LogP contribution < -0.4 is 0 Å². The molecule has 0 heteroatoms. The average molecular weight is 363 g/mol. The third-order valence-corrected chi connectivity index (χ3v) is 9.62. The van der Waals surface area contributed by atoms with Crippen molar-refractivity contribution in [2.75, 3.05) is 0 Å². The molecule has 2 saturated carbocycles. The fraction of sp³-hybridized carbons (Fsp3) is 1.00. The summed E-state index contributed by atoms with van der Waals surface area (Å²) in [5, 5.41) is 0. The summed E-state index contributed by atoms with van der Waals surface area (Å²) in [4.78, 5) is 0. The average Bonchev–Trinajstić information content (AvgIpc) is 3.48. The summed E-state index contributed by atoms with van der Waals surface area (Å²) in [6.45, 7) is 24.9. The lowest BCUT2D eigenvalue weighted by atomic mass is 9.71. The Labute approximate surface area is 166 Å². The lowest BCUT2D eigenvalue weighted by Gasteiger charge is -2.34. The van der Waals surface area contributed by atoms with Crippen LogP contribution in [0.4, 0.5) is 0 Å². The maximum Gasteiger partial charge on any atom is -0.0198 e. The predicted octanol–water partition coefficient (Wildman–Crippen LogP) is 8.46. The molecule has 26 heavy (non-hydrogen) atoms. The first-order valence-electron chi connectivity index (χ1n) is 12.1. The van der Waals surface area contributed by atoms with Gasteiger partial charge in [0.25, 0.3) is 0 Å². The van der Waals surface area contributed by atoms with E-state index in [0.29, 0.717) is 5.41 Å². The van der Waals surface area contributed by atoms with Gasteiger partial charge in [0.05, 0.1) is 0 Å². The highest BCUT2D eigenvalue weighted by atomic mass is 14.8. The van der Waals surface area contributed by atoms with Crippen molar-refractivity contribution in [2.45, 2.75) is 108 Å². The van der Waals surface area contributed by atoms with Crippen molar-refractivity contribution in [1.29, 1.82) is 0 Å². The molecule has 0 aromatic carbocycles. The molecular formula is C26H50. The van der Waals surface area contributed by atoms with Gasteiger partial charge in [0.15, 0.2) is 0 Å². The van der Waals surface area contributed by atoms with Crippen LogP contribution in [0.5, 0.6) is 0 Å². The summed E-state index contributed by atoms with van der Waals surface area (Å²) in [5.41, 5.74) is 1.31. The van der Waals surface area contributed by atoms with Crippen LogP contribution in [0, 0.1) is 58.2 Å². The summed E-state index contributed by atoms with van der Waals surface area (Å²) in [6, 6.07) is 0. The van der Waals surface area contributed by atoms with Gasteiger partial charge in [0, 0.05) is 0 Å². The number of hydrogen-bond acceptors (Lipinski definition) is 0. The van der Waals surface area contributed by atoms with E-state index in [1.807, 2.05) is 0 Å². The van der Waals surface area contributed by atoms with Crippen molar-refractivity contribution in [3.05, 3.63) is 0 Å². The van der Waals surface area contributed by atoms with Gasteiger partial charge in [-0.1, -0.05) is 88.5 Å². The minimum absolute atomic E-state index is 0.572. The molecular weight excluding hydrogens is 312 g/mol. The van der Waals surface area contributed by atoms with Crippen LogP contribution in [-0.4, -0.2) is 0 Å². The molecule has 0 amide bonds. The molecule has 0 aromatic heterocycles. The summed E-state index contributed by atoms with van der Waals surface area (Å²) in [7, 11) is 0. The topological polar surface area (TPSA) is 0 Å². The largest absolute Gasteiger partial charge is 0.0651 e. The van der Waals surface area contributed by atoms with Gasteiger partial charge in [-0.25, -0.2) is 0 Å². The zero-order valence-corrected chi connectivity index (χ0v) is 19.9. The smallest absolute Gasteiger partial charge is 0.0198 e. The molecule has 0 aliphatic heterocycles. The minimum atomic E-state index is 0.572. The van der Waals surface area contributed by atoms with Crippen LogP contribution in [0.25, 0.3) is 0 Å². The van der Waals surface area contributed by atoms with Crippen LogP contribution in [0.3, 0.4) is 0 Å². The second-order valence-electron chi connectivity index (χ2n) is 11.4. The highest BCUT2D eigenvalue weighted by Gasteiger charge is 2.79. The maximum absolute atomic E-state index is 2.66. The Hall–Kier alpha value is 0. The summed E-state index contributed by atoms with van der Waals surface area (Å²) in [5.74, 6) is 7.44. The third-order valence-electron chi connectivity index (χ3n) is 9.62. The predicted molar refractivity (Wildman–Crippen MR) is 117 cm³/mol. The van der Waals surface area contributed by atoms with Crippen molar-refractivity contribution >= 4 is 0 Å². The second-order valence-corrected chi connectivity index (χ2v) is 11.4. The van der Waals surface area contributed by atoms with Crippen molar-refractivity contribution in [2.24, 2.45) is 58.2 Å². The van der Waals surface area contributed by atoms with Gasteiger partial charge in [-0.3, -0.25) is 0 Å². The molecule has 0 nitrogen and oxygen atoms in total. The van der Waals surface area contributed by atoms with E-state index in [2.05, 4.69) is 69.2 Å². The molecule has 2 fully saturated rings. The highest BCUT2D eigenvalue weighted by molar-refractivity contribution is 5.27.